The lowest BCUT2D eigenvalue weighted by atomic mass is 10.2. The van der Waals surface area contributed by atoms with E-state index in [-0.39, 0.29) is 5.91 Å². The molecule has 0 radical (unpaired) electrons. The lowest BCUT2D eigenvalue weighted by Crippen LogP contribution is -2.25. The average Bonchev–Trinajstić information content (AvgIpc) is 2.82. The Morgan fingerprint density at radius 3 is 2.54 bits per heavy atom. The Labute approximate surface area is 150 Å². The number of thiocarbonyl (C=S) groups is 1. The van der Waals surface area contributed by atoms with E-state index in [1.54, 1.807) is 13.1 Å². The molecule has 0 bridgehead atoms. The van der Waals surface area contributed by atoms with E-state index in [0.29, 0.717) is 22.4 Å². The van der Waals surface area contributed by atoms with Crippen LogP contribution >= 0.6 is 23.8 Å². The molecule has 0 atom stereocenters. The van der Waals surface area contributed by atoms with Crippen LogP contribution in [0.4, 0.5) is 0 Å². The molecular weight excluding hydrogens is 344 g/mol. The first kappa shape index (κ1) is 16.5. The van der Waals surface area contributed by atoms with E-state index in [1.807, 2.05) is 48.5 Å². The van der Waals surface area contributed by atoms with Gasteiger partial charge in [-0.15, -0.1) is 0 Å². The van der Waals surface area contributed by atoms with Gasteiger partial charge in [-0.25, -0.2) is 0 Å². The number of nitrogens with zero attached hydrogens (tertiary/aromatic N) is 1. The molecule has 24 heavy (non-hydrogen) atoms. The molecule has 4 nitrogen and oxygen atoms in total. The Bertz CT molecular complexity index is 818. The van der Waals surface area contributed by atoms with Gasteiger partial charge in [-0.1, -0.05) is 41.9 Å². The standard InChI is InChI=1S/C18H15ClN2O2S/c1-21-17(22)16(20-18(21)24)10-12-6-8-14(9-7-12)23-11-13-4-2-3-5-15(13)19/h2-10H,11H2,1H3,(H,20,24)/b16-10-. The molecule has 0 unspecified atom stereocenters. The second-order valence-electron chi connectivity index (χ2n) is 5.30. The van der Waals surface area contributed by atoms with E-state index in [0.717, 1.165) is 16.9 Å². The fourth-order valence-corrected chi connectivity index (χ4v) is 2.61. The molecule has 0 aliphatic carbocycles. The molecule has 0 saturated carbocycles. The molecular formula is C18H15ClN2O2S. The predicted molar refractivity (Wildman–Crippen MR) is 98.7 cm³/mol. The van der Waals surface area contributed by atoms with Gasteiger partial charge in [0.2, 0.25) is 0 Å². The van der Waals surface area contributed by atoms with E-state index < -0.39 is 0 Å². The summed E-state index contributed by atoms with van der Waals surface area (Å²) in [5, 5.41) is 3.99. The summed E-state index contributed by atoms with van der Waals surface area (Å²) in [4.78, 5) is 13.4. The highest BCUT2D eigenvalue weighted by atomic mass is 35.5. The van der Waals surface area contributed by atoms with Crippen LogP contribution in [0, 0.1) is 0 Å². The maximum Gasteiger partial charge on any atom is 0.276 e. The van der Waals surface area contributed by atoms with Gasteiger partial charge >= 0.3 is 0 Å². The number of hydrogen-bond donors (Lipinski definition) is 1. The second kappa shape index (κ2) is 7.03. The summed E-state index contributed by atoms with van der Waals surface area (Å²) in [7, 11) is 1.64. The summed E-state index contributed by atoms with van der Waals surface area (Å²) in [6, 6.07) is 15.0. The number of carbonyl (C=O) groups is 1. The first-order chi connectivity index (χ1) is 11.5. The monoisotopic (exact) mass is 358 g/mol. The highest BCUT2D eigenvalue weighted by molar-refractivity contribution is 7.80. The zero-order valence-electron chi connectivity index (χ0n) is 13.0. The molecule has 2 aromatic carbocycles. The highest BCUT2D eigenvalue weighted by Crippen LogP contribution is 2.20. The Balaban J connectivity index is 1.67. The molecule has 1 N–H and O–H groups in total. The van der Waals surface area contributed by atoms with Crippen molar-refractivity contribution in [3.63, 3.8) is 0 Å². The molecule has 1 fully saturated rings. The van der Waals surface area contributed by atoms with Crippen LogP contribution in [-0.2, 0) is 11.4 Å². The normalized spacial score (nSPS) is 15.8. The van der Waals surface area contributed by atoms with Gasteiger partial charge < -0.3 is 10.1 Å². The third kappa shape index (κ3) is 3.58. The van der Waals surface area contributed by atoms with Gasteiger partial charge in [-0.05, 0) is 42.1 Å². The second-order valence-corrected chi connectivity index (χ2v) is 6.10. The lowest BCUT2D eigenvalue weighted by Gasteiger charge is -2.08. The van der Waals surface area contributed by atoms with Gasteiger partial charge in [-0.3, -0.25) is 9.69 Å². The van der Waals surface area contributed by atoms with Gasteiger partial charge in [0, 0.05) is 17.6 Å². The molecule has 1 saturated heterocycles. The minimum atomic E-state index is -0.140. The van der Waals surface area contributed by atoms with Crippen molar-refractivity contribution in [2.45, 2.75) is 6.61 Å². The van der Waals surface area contributed by atoms with Gasteiger partial charge in [0.05, 0.1) is 0 Å². The topological polar surface area (TPSA) is 41.6 Å². The minimum Gasteiger partial charge on any atom is -0.489 e. The lowest BCUT2D eigenvalue weighted by molar-refractivity contribution is -0.121. The summed E-state index contributed by atoms with van der Waals surface area (Å²) < 4.78 is 5.74. The van der Waals surface area contributed by atoms with Crippen molar-refractivity contribution < 1.29 is 9.53 Å². The van der Waals surface area contributed by atoms with Crippen molar-refractivity contribution in [1.29, 1.82) is 0 Å². The Morgan fingerprint density at radius 1 is 1.21 bits per heavy atom. The van der Waals surface area contributed by atoms with Crippen LogP contribution in [0.5, 0.6) is 5.75 Å². The van der Waals surface area contributed by atoms with Gasteiger partial charge in [0.1, 0.15) is 18.1 Å². The van der Waals surface area contributed by atoms with E-state index in [1.165, 1.54) is 4.90 Å². The van der Waals surface area contributed by atoms with E-state index in [9.17, 15) is 4.79 Å². The summed E-state index contributed by atoms with van der Waals surface area (Å²) in [6.45, 7) is 0.402. The molecule has 1 aliphatic rings. The smallest absolute Gasteiger partial charge is 0.276 e. The van der Waals surface area contributed by atoms with Crippen molar-refractivity contribution in [2.75, 3.05) is 7.05 Å². The highest BCUT2D eigenvalue weighted by Gasteiger charge is 2.26. The number of rotatable bonds is 4. The Hall–Kier alpha value is -2.37. The SMILES string of the molecule is CN1C(=O)/C(=C/c2ccc(OCc3ccccc3Cl)cc2)NC1=S. The third-order valence-corrected chi connectivity index (χ3v) is 4.37. The van der Waals surface area contributed by atoms with Crippen molar-refractivity contribution in [3.05, 3.63) is 70.4 Å². The third-order valence-electron chi connectivity index (χ3n) is 3.62. The van der Waals surface area contributed by atoms with E-state index >= 15 is 0 Å². The summed E-state index contributed by atoms with van der Waals surface area (Å²) >= 11 is 11.2. The molecule has 6 heteroatoms. The van der Waals surface area contributed by atoms with Crippen LogP contribution in [0.1, 0.15) is 11.1 Å². The van der Waals surface area contributed by atoms with Gasteiger partial charge in [0.25, 0.3) is 5.91 Å². The quantitative estimate of drug-likeness (QED) is 0.669. The van der Waals surface area contributed by atoms with Gasteiger partial charge in [-0.2, -0.15) is 0 Å². The van der Waals surface area contributed by atoms with Crippen molar-refractivity contribution in [3.8, 4) is 5.75 Å². The molecule has 3 rings (SSSR count). The van der Waals surface area contributed by atoms with E-state index in [2.05, 4.69) is 5.32 Å². The van der Waals surface area contributed by atoms with E-state index in [4.69, 9.17) is 28.6 Å². The first-order valence-corrected chi connectivity index (χ1v) is 8.10. The number of carbonyl (C=O) groups excluding carboxylic acids is 1. The van der Waals surface area contributed by atoms with Crippen molar-refractivity contribution in [1.82, 2.24) is 10.2 Å². The number of ether oxygens (including phenoxy) is 1. The van der Waals surface area contributed by atoms with Crippen LogP contribution in [0.25, 0.3) is 6.08 Å². The largest absolute Gasteiger partial charge is 0.489 e. The molecule has 0 spiro atoms. The van der Waals surface area contributed by atoms with Crippen LogP contribution in [0.3, 0.4) is 0 Å². The fraction of sp³-hybridized carbons (Fsp3) is 0.111. The summed E-state index contributed by atoms with van der Waals surface area (Å²) in [5.41, 5.74) is 2.28. The molecule has 1 amide bonds. The average molecular weight is 359 g/mol. The molecule has 2 aromatic rings. The minimum absolute atomic E-state index is 0.140. The molecule has 1 heterocycles. The number of hydrogen-bond acceptors (Lipinski definition) is 3. The molecule has 122 valence electrons. The Morgan fingerprint density at radius 2 is 1.92 bits per heavy atom. The van der Waals surface area contributed by atoms with Crippen LogP contribution in [0.2, 0.25) is 5.02 Å². The van der Waals surface area contributed by atoms with Crippen LogP contribution in [-0.4, -0.2) is 23.0 Å². The number of benzene rings is 2. The number of likely N-dealkylation sites (N-methyl/N-ethyl adjacent to an activating group) is 1. The number of halogens is 1. The Kier molecular flexibility index (Phi) is 4.83. The van der Waals surface area contributed by atoms with Crippen molar-refractivity contribution in [2.24, 2.45) is 0 Å². The van der Waals surface area contributed by atoms with Gasteiger partial charge in [0.15, 0.2) is 5.11 Å². The predicted octanol–water partition coefficient (Wildman–Crippen LogP) is 3.61. The molecule has 1 aliphatic heterocycles. The summed E-state index contributed by atoms with van der Waals surface area (Å²) in [6.07, 6.45) is 1.76. The maximum atomic E-state index is 11.9. The zero-order valence-corrected chi connectivity index (χ0v) is 14.5. The fourth-order valence-electron chi connectivity index (χ4n) is 2.23. The summed E-state index contributed by atoms with van der Waals surface area (Å²) in [5.74, 6) is 0.592. The number of amides is 1. The first-order valence-electron chi connectivity index (χ1n) is 7.31. The number of nitrogens with one attached hydrogen (secondary N) is 1. The maximum absolute atomic E-state index is 11.9. The van der Waals surface area contributed by atoms with Crippen LogP contribution in [0.15, 0.2) is 54.2 Å². The van der Waals surface area contributed by atoms with Crippen LogP contribution < -0.4 is 10.1 Å². The van der Waals surface area contributed by atoms with Crippen molar-refractivity contribution >= 4 is 40.9 Å². The zero-order chi connectivity index (χ0) is 17.1. The molecule has 0 aromatic heterocycles.